The number of aliphatic hydroxyl groups excluding tert-OH is 2. The molecule has 0 aliphatic heterocycles. The van der Waals surface area contributed by atoms with Gasteiger partial charge in [0.05, 0.1) is 11.9 Å². The zero-order valence-corrected chi connectivity index (χ0v) is 15.4. The minimum absolute atomic E-state index is 0.0891. The minimum Gasteiger partial charge on any atom is -0.513 e. The van der Waals surface area contributed by atoms with Gasteiger partial charge in [0, 0.05) is 11.5 Å². The van der Waals surface area contributed by atoms with Crippen molar-refractivity contribution in [2.45, 2.75) is 76.9 Å². The van der Waals surface area contributed by atoms with Crippen LogP contribution < -0.4 is 5.73 Å². The zero-order valence-electron chi connectivity index (χ0n) is 15.4. The average molecular weight is 334 g/mol. The van der Waals surface area contributed by atoms with E-state index in [0.717, 1.165) is 32.1 Å². The first-order valence-corrected chi connectivity index (χ1v) is 10.1. The molecule has 4 aliphatic carbocycles. The van der Waals surface area contributed by atoms with Crippen LogP contribution in [-0.4, -0.2) is 21.9 Å². The van der Waals surface area contributed by atoms with E-state index in [1.807, 2.05) is 0 Å². The Kier molecular flexibility index (Phi) is 3.86. The van der Waals surface area contributed by atoms with Gasteiger partial charge in [0.15, 0.2) is 0 Å². The number of allylic oxidation sites excluding steroid dienone is 1. The normalized spacial score (nSPS) is 56.9. The van der Waals surface area contributed by atoms with Crippen molar-refractivity contribution in [2.24, 2.45) is 46.7 Å². The molecular weight excluding hydrogens is 298 g/mol. The molecule has 0 radical (unpaired) electrons. The Morgan fingerprint density at radius 2 is 1.83 bits per heavy atom. The second-order valence-corrected chi connectivity index (χ2v) is 9.91. The lowest BCUT2D eigenvalue weighted by molar-refractivity contribution is -0.128. The second kappa shape index (κ2) is 5.48. The van der Waals surface area contributed by atoms with Crippen LogP contribution in [0.4, 0.5) is 0 Å². The van der Waals surface area contributed by atoms with Crippen LogP contribution in [0.3, 0.4) is 0 Å². The van der Waals surface area contributed by atoms with Gasteiger partial charge in [0.2, 0.25) is 0 Å². The first-order chi connectivity index (χ1) is 11.3. The average Bonchev–Trinajstić information content (AvgIpc) is 2.88. The van der Waals surface area contributed by atoms with Gasteiger partial charge in [0.25, 0.3) is 0 Å². The van der Waals surface area contributed by atoms with E-state index < -0.39 is 0 Å². The largest absolute Gasteiger partial charge is 0.513 e. The van der Waals surface area contributed by atoms with Gasteiger partial charge >= 0.3 is 0 Å². The predicted octanol–water partition coefficient (Wildman–Crippen LogP) is 4.02. The van der Waals surface area contributed by atoms with Crippen molar-refractivity contribution in [3.8, 4) is 0 Å². The Morgan fingerprint density at radius 3 is 2.54 bits per heavy atom. The minimum atomic E-state index is -0.122. The summed E-state index contributed by atoms with van der Waals surface area (Å²) < 4.78 is 0. The molecule has 4 saturated carbocycles. The third-order valence-corrected chi connectivity index (χ3v) is 8.96. The van der Waals surface area contributed by atoms with Crippen molar-refractivity contribution in [3.63, 3.8) is 0 Å². The van der Waals surface area contributed by atoms with Crippen LogP contribution in [0.1, 0.15) is 65.2 Å². The first-order valence-electron chi connectivity index (χ1n) is 10.1. The fraction of sp³-hybridized carbons (Fsp3) is 0.905. The lowest BCUT2D eigenvalue weighted by Gasteiger charge is -2.63. The SMILES string of the molecule is C=C(O)C1CC[C@@]2(N)C1[C@H](C)C[C@H]1[C@H]2CC[C@@H]2C[C@@H](O)CC[C@@]21C. The van der Waals surface area contributed by atoms with E-state index >= 15 is 0 Å². The molecular formula is C21H35NO2. The lowest BCUT2D eigenvalue weighted by Crippen LogP contribution is -2.64. The zero-order chi connectivity index (χ0) is 17.3. The number of fused-ring (bicyclic) bond motifs is 5. The Labute approximate surface area is 146 Å². The van der Waals surface area contributed by atoms with Gasteiger partial charge in [-0.3, -0.25) is 0 Å². The van der Waals surface area contributed by atoms with Crippen molar-refractivity contribution >= 4 is 0 Å². The third kappa shape index (κ3) is 2.16. The van der Waals surface area contributed by atoms with Crippen molar-refractivity contribution < 1.29 is 10.2 Å². The predicted molar refractivity (Wildman–Crippen MR) is 96.4 cm³/mol. The van der Waals surface area contributed by atoms with Crippen LogP contribution in [0.5, 0.6) is 0 Å². The molecule has 3 nitrogen and oxygen atoms in total. The van der Waals surface area contributed by atoms with Crippen LogP contribution in [0.15, 0.2) is 12.3 Å². The van der Waals surface area contributed by atoms with Crippen molar-refractivity contribution in [1.29, 1.82) is 0 Å². The lowest BCUT2D eigenvalue weighted by atomic mass is 9.44. The third-order valence-electron chi connectivity index (χ3n) is 8.96. The number of aliphatic hydroxyl groups is 2. The second-order valence-electron chi connectivity index (χ2n) is 9.91. The van der Waals surface area contributed by atoms with E-state index in [9.17, 15) is 10.2 Å². The standard InChI is InChI=1S/C21H35NO2/c1-12-10-18-17(21(22)9-7-16(13(2)23)19(12)21)5-4-14-11-15(24)6-8-20(14,18)3/h12,14-19,23-24H,2,4-11,22H2,1,3H3/t12-,14-,15+,16?,17-,18+,19?,20+,21+/m1/s1. The summed E-state index contributed by atoms with van der Waals surface area (Å²) in [6.07, 6.45) is 8.73. The maximum Gasteiger partial charge on any atom is 0.0885 e. The highest BCUT2D eigenvalue weighted by Crippen LogP contribution is 2.66. The van der Waals surface area contributed by atoms with Crippen LogP contribution >= 0.6 is 0 Å². The maximum absolute atomic E-state index is 10.1. The summed E-state index contributed by atoms with van der Waals surface area (Å²) in [7, 11) is 0. The molecule has 9 atom stereocenters. The highest BCUT2D eigenvalue weighted by atomic mass is 16.3. The van der Waals surface area contributed by atoms with Gasteiger partial charge in [0.1, 0.15) is 0 Å². The van der Waals surface area contributed by atoms with Crippen LogP contribution in [-0.2, 0) is 0 Å². The smallest absolute Gasteiger partial charge is 0.0885 e. The number of hydrogen-bond acceptors (Lipinski definition) is 3. The molecule has 0 aromatic rings. The molecule has 0 bridgehead atoms. The highest BCUT2D eigenvalue weighted by Gasteiger charge is 2.63. The molecule has 136 valence electrons. The summed E-state index contributed by atoms with van der Waals surface area (Å²) in [5, 5.41) is 20.3. The van der Waals surface area contributed by atoms with E-state index in [4.69, 9.17) is 5.73 Å². The molecule has 0 spiro atoms. The van der Waals surface area contributed by atoms with E-state index in [-0.39, 0.29) is 17.6 Å². The molecule has 0 saturated heterocycles. The summed E-state index contributed by atoms with van der Waals surface area (Å²) in [6.45, 7) is 8.71. The highest BCUT2D eigenvalue weighted by molar-refractivity contribution is 5.18. The van der Waals surface area contributed by atoms with Gasteiger partial charge < -0.3 is 15.9 Å². The first kappa shape index (κ1) is 16.9. The molecule has 4 N–H and O–H groups in total. The summed E-state index contributed by atoms with van der Waals surface area (Å²) in [5.41, 5.74) is 7.37. The molecule has 0 aromatic carbocycles. The summed E-state index contributed by atoms with van der Waals surface area (Å²) in [6, 6.07) is 0. The molecule has 4 fully saturated rings. The van der Waals surface area contributed by atoms with Crippen molar-refractivity contribution in [2.75, 3.05) is 0 Å². The van der Waals surface area contributed by atoms with E-state index in [0.29, 0.717) is 40.8 Å². The van der Waals surface area contributed by atoms with Crippen molar-refractivity contribution in [1.82, 2.24) is 0 Å². The number of hydrogen-bond donors (Lipinski definition) is 3. The van der Waals surface area contributed by atoms with E-state index in [2.05, 4.69) is 20.4 Å². The Hall–Kier alpha value is -0.540. The summed E-state index contributed by atoms with van der Waals surface area (Å²) in [5.74, 6) is 3.44. The molecule has 3 heteroatoms. The maximum atomic E-state index is 10.1. The molecule has 4 rings (SSSR count). The van der Waals surface area contributed by atoms with Gasteiger partial charge in [-0.05, 0) is 86.4 Å². The monoisotopic (exact) mass is 333 g/mol. The molecule has 0 heterocycles. The van der Waals surface area contributed by atoms with E-state index in [1.54, 1.807) is 0 Å². The molecule has 0 amide bonds. The quantitative estimate of drug-likeness (QED) is 0.635. The van der Waals surface area contributed by atoms with Gasteiger partial charge in [-0.15, -0.1) is 0 Å². The molecule has 24 heavy (non-hydrogen) atoms. The molecule has 0 aromatic heterocycles. The van der Waals surface area contributed by atoms with Crippen LogP contribution in [0.25, 0.3) is 0 Å². The summed E-state index contributed by atoms with van der Waals surface area (Å²) >= 11 is 0. The summed E-state index contributed by atoms with van der Waals surface area (Å²) in [4.78, 5) is 0. The van der Waals surface area contributed by atoms with Crippen LogP contribution in [0.2, 0.25) is 0 Å². The molecule has 4 aliphatic rings. The Bertz CT molecular complexity index is 534. The number of rotatable bonds is 1. The molecule has 2 unspecified atom stereocenters. The Balaban J connectivity index is 1.67. The fourth-order valence-electron chi connectivity index (χ4n) is 7.86. The number of nitrogens with two attached hydrogens (primary N) is 1. The Morgan fingerprint density at radius 1 is 1.08 bits per heavy atom. The van der Waals surface area contributed by atoms with Crippen LogP contribution in [0, 0.1) is 40.9 Å². The van der Waals surface area contributed by atoms with Gasteiger partial charge in [-0.25, -0.2) is 0 Å². The van der Waals surface area contributed by atoms with Gasteiger partial charge in [-0.2, -0.15) is 0 Å². The van der Waals surface area contributed by atoms with Gasteiger partial charge in [-0.1, -0.05) is 20.4 Å². The fourth-order valence-corrected chi connectivity index (χ4v) is 7.86. The van der Waals surface area contributed by atoms with Crippen molar-refractivity contribution in [3.05, 3.63) is 12.3 Å². The topological polar surface area (TPSA) is 66.5 Å². The van der Waals surface area contributed by atoms with E-state index in [1.165, 1.54) is 19.3 Å².